The van der Waals surface area contributed by atoms with Crippen LogP contribution in [0.4, 0.5) is 5.69 Å². The van der Waals surface area contributed by atoms with Gasteiger partial charge in [-0.1, -0.05) is 127 Å². The van der Waals surface area contributed by atoms with Crippen molar-refractivity contribution in [3.63, 3.8) is 0 Å². The van der Waals surface area contributed by atoms with Gasteiger partial charge in [-0.05, 0) is 29.2 Å². The predicted molar refractivity (Wildman–Crippen MR) is 132 cm³/mol. The molecule has 0 heterocycles. The summed E-state index contributed by atoms with van der Waals surface area (Å²) in [6.07, 6.45) is 8.49. The number of hydrogen-bond acceptors (Lipinski definition) is 1. The fraction of sp³-hybridized carbons (Fsp3) is 0.0345. The SMILES string of the molecule is Cc1ccc(-c2ccc(C=Cc3ccccc3)c(C=Cc3ccccc3)c2N)cc1. The Bertz CT molecular complexity index is 1170. The molecule has 146 valence electrons. The van der Waals surface area contributed by atoms with Gasteiger partial charge in [0.2, 0.25) is 0 Å². The topological polar surface area (TPSA) is 26.0 Å². The summed E-state index contributed by atoms with van der Waals surface area (Å²) in [5.74, 6) is 0. The van der Waals surface area contributed by atoms with Gasteiger partial charge in [0.05, 0.1) is 0 Å². The van der Waals surface area contributed by atoms with Gasteiger partial charge >= 0.3 is 0 Å². The van der Waals surface area contributed by atoms with Gasteiger partial charge in [0.15, 0.2) is 0 Å². The van der Waals surface area contributed by atoms with Crippen LogP contribution >= 0.6 is 0 Å². The number of benzene rings is 4. The summed E-state index contributed by atoms with van der Waals surface area (Å²) in [6.45, 7) is 2.10. The van der Waals surface area contributed by atoms with E-state index in [0.717, 1.165) is 39.1 Å². The minimum absolute atomic E-state index is 0.793. The average Bonchev–Trinajstić information content (AvgIpc) is 2.79. The van der Waals surface area contributed by atoms with Crippen LogP contribution in [0.1, 0.15) is 27.8 Å². The lowest BCUT2D eigenvalue weighted by Crippen LogP contribution is -1.96. The molecule has 1 nitrogen and oxygen atoms in total. The molecule has 4 rings (SSSR count). The predicted octanol–water partition coefficient (Wildman–Crippen LogP) is 7.59. The van der Waals surface area contributed by atoms with E-state index in [2.05, 4.69) is 91.9 Å². The van der Waals surface area contributed by atoms with Crippen LogP contribution in [0.3, 0.4) is 0 Å². The zero-order chi connectivity index (χ0) is 20.8. The Labute approximate surface area is 178 Å². The first-order chi connectivity index (χ1) is 14.7. The maximum Gasteiger partial charge on any atom is 0.0473 e. The molecule has 0 saturated carbocycles. The van der Waals surface area contributed by atoms with E-state index >= 15 is 0 Å². The molecule has 0 aliphatic heterocycles. The Morgan fingerprint density at radius 3 is 1.73 bits per heavy atom. The quantitative estimate of drug-likeness (QED) is 0.277. The lowest BCUT2D eigenvalue weighted by Gasteiger charge is -2.13. The molecule has 0 aromatic heterocycles. The van der Waals surface area contributed by atoms with Crippen LogP contribution < -0.4 is 5.73 Å². The zero-order valence-corrected chi connectivity index (χ0v) is 17.1. The Balaban J connectivity index is 1.78. The number of rotatable bonds is 5. The second-order valence-electron chi connectivity index (χ2n) is 7.38. The highest BCUT2D eigenvalue weighted by Gasteiger charge is 2.09. The van der Waals surface area contributed by atoms with Gasteiger partial charge in [-0.2, -0.15) is 0 Å². The van der Waals surface area contributed by atoms with Gasteiger partial charge in [0, 0.05) is 16.8 Å². The molecule has 0 spiro atoms. The molecule has 4 aromatic rings. The lowest BCUT2D eigenvalue weighted by atomic mass is 9.94. The maximum absolute atomic E-state index is 6.70. The van der Waals surface area contributed by atoms with Crippen molar-refractivity contribution in [2.75, 3.05) is 5.73 Å². The lowest BCUT2D eigenvalue weighted by molar-refractivity contribution is 1.46. The molecule has 0 saturated heterocycles. The van der Waals surface area contributed by atoms with Crippen LogP contribution in [-0.2, 0) is 0 Å². The number of nitrogens with two attached hydrogens (primary N) is 1. The van der Waals surface area contributed by atoms with E-state index in [1.807, 2.05) is 36.4 Å². The number of aryl methyl sites for hydroxylation is 1. The van der Waals surface area contributed by atoms with Crippen molar-refractivity contribution in [1.82, 2.24) is 0 Å². The fourth-order valence-corrected chi connectivity index (χ4v) is 3.46. The molecule has 0 bridgehead atoms. The molecular formula is C29H25N. The Morgan fingerprint density at radius 1 is 0.567 bits per heavy atom. The van der Waals surface area contributed by atoms with E-state index < -0.39 is 0 Å². The van der Waals surface area contributed by atoms with Crippen LogP contribution in [-0.4, -0.2) is 0 Å². The summed E-state index contributed by atoms with van der Waals surface area (Å²) in [7, 11) is 0. The van der Waals surface area contributed by atoms with E-state index in [1.54, 1.807) is 0 Å². The molecule has 0 atom stereocenters. The summed E-state index contributed by atoms with van der Waals surface area (Å²) in [6, 6.07) is 33.4. The third-order valence-corrected chi connectivity index (χ3v) is 5.18. The van der Waals surface area contributed by atoms with Crippen LogP contribution in [0, 0.1) is 6.92 Å². The minimum Gasteiger partial charge on any atom is -0.398 e. The third kappa shape index (κ3) is 4.59. The molecule has 4 aromatic carbocycles. The largest absolute Gasteiger partial charge is 0.398 e. The Morgan fingerprint density at radius 2 is 1.13 bits per heavy atom. The fourth-order valence-electron chi connectivity index (χ4n) is 3.46. The molecule has 30 heavy (non-hydrogen) atoms. The summed E-state index contributed by atoms with van der Waals surface area (Å²) < 4.78 is 0. The van der Waals surface area contributed by atoms with E-state index in [-0.39, 0.29) is 0 Å². The first-order valence-corrected chi connectivity index (χ1v) is 10.2. The van der Waals surface area contributed by atoms with Crippen molar-refractivity contribution in [3.8, 4) is 11.1 Å². The summed E-state index contributed by atoms with van der Waals surface area (Å²) >= 11 is 0. The summed E-state index contributed by atoms with van der Waals surface area (Å²) in [4.78, 5) is 0. The van der Waals surface area contributed by atoms with Crippen molar-refractivity contribution in [2.24, 2.45) is 0 Å². The van der Waals surface area contributed by atoms with Crippen LogP contribution in [0.25, 0.3) is 35.4 Å². The van der Waals surface area contributed by atoms with Crippen molar-refractivity contribution in [2.45, 2.75) is 6.92 Å². The van der Waals surface area contributed by atoms with Gasteiger partial charge in [-0.15, -0.1) is 0 Å². The first kappa shape index (κ1) is 19.5. The van der Waals surface area contributed by atoms with Crippen molar-refractivity contribution < 1.29 is 0 Å². The molecular weight excluding hydrogens is 362 g/mol. The number of anilines is 1. The molecule has 0 fully saturated rings. The maximum atomic E-state index is 6.70. The van der Waals surface area contributed by atoms with Crippen LogP contribution in [0.15, 0.2) is 97.1 Å². The monoisotopic (exact) mass is 387 g/mol. The summed E-state index contributed by atoms with van der Waals surface area (Å²) in [5, 5.41) is 0. The first-order valence-electron chi connectivity index (χ1n) is 10.2. The Hall–Kier alpha value is -3.84. The smallest absolute Gasteiger partial charge is 0.0473 e. The van der Waals surface area contributed by atoms with Crippen molar-refractivity contribution >= 4 is 30.0 Å². The van der Waals surface area contributed by atoms with Gasteiger partial charge in [-0.25, -0.2) is 0 Å². The van der Waals surface area contributed by atoms with Gasteiger partial charge < -0.3 is 5.73 Å². The molecule has 2 N–H and O–H groups in total. The summed E-state index contributed by atoms with van der Waals surface area (Å²) in [5.41, 5.74) is 15.4. The molecule has 0 aliphatic rings. The van der Waals surface area contributed by atoms with E-state index in [0.29, 0.717) is 0 Å². The Kier molecular flexibility index (Phi) is 5.91. The standard InChI is InChI=1S/C29H25N/c1-22-12-16-25(17-13-22)28-21-19-26(18-14-23-8-4-2-5-9-23)27(29(28)30)20-15-24-10-6-3-7-11-24/h2-21H,30H2,1H3. The van der Waals surface area contributed by atoms with Gasteiger partial charge in [-0.3, -0.25) is 0 Å². The van der Waals surface area contributed by atoms with E-state index in [4.69, 9.17) is 5.73 Å². The minimum atomic E-state index is 0.793. The third-order valence-electron chi connectivity index (χ3n) is 5.18. The molecule has 1 heteroatoms. The molecule has 0 amide bonds. The second kappa shape index (κ2) is 9.11. The second-order valence-corrected chi connectivity index (χ2v) is 7.38. The van der Waals surface area contributed by atoms with Crippen molar-refractivity contribution in [3.05, 3.63) is 125 Å². The normalized spacial score (nSPS) is 11.4. The van der Waals surface area contributed by atoms with Gasteiger partial charge in [0.25, 0.3) is 0 Å². The molecule has 0 unspecified atom stereocenters. The highest BCUT2D eigenvalue weighted by molar-refractivity contribution is 5.91. The average molecular weight is 388 g/mol. The number of hydrogen-bond donors (Lipinski definition) is 1. The van der Waals surface area contributed by atoms with Crippen LogP contribution in [0.5, 0.6) is 0 Å². The van der Waals surface area contributed by atoms with E-state index in [1.165, 1.54) is 5.56 Å². The number of nitrogen functional groups attached to an aromatic ring is 1. The van der Waals surface area contributed by atoms with Crippen molar-refractivity contribution in [1.29, 1.82) is 0 Å². The highest BCUT2D eigenvalue weighted by atomic mass is 14.6. The van der Waals surface area contributed by atoms with E-state index in [9.17, 15) is 0 Å². The molecule has 0 radical (unpaired) electrons. The van der Waals surface area contributed by atoms with Crippen LogP contribution in [0.2, 0.25) is 0 Å². The molecule has 0 aliphatic carbocycles. The van der Waals surface area contributed by atoms with Gasteiger partial charge in [0.1, 0.15) is 0 Å². The highest BCUT2D eigenvalue weighted by Crippen LogP contribution is 2.33. The zero-order valence-electron chi connectivity index (χ0n) is 17.1.